The third-order valence-electron chi connectivity index (χ3n) is 4.84. The van der Waals surface area contributed by atoms with Crippen LogP contribution in [0.2, 0.25) is 0 Å². The standard InChI is InChI=1S/C24H22N2O/c1-18(19-10-4-3-5-11-19)26-22-14-8-7-13-21(22)25-24(26)17-16-20-12-6-9-15-23(20)27-2/h3-18H,1-2H3. The number of fused-ring (bicyclic) bond motifs is 1. The number of para-hydroxylation sites is 3. The zero-order chi connectivity index (χ0) is 18.6. The van der Waals surface area contributed by atoms with Crippen molar-refractivity contribution in [1.82, 2.24) is 9.55 Å². The van der Waals surface area contributed by atoms with E-state index in [1.807, 2.05) is 36.4 Å². The van der Waals surface area contributed by atoms with E-state index >= 15 is 0 Å². The van der Waals surface area contributed by atoms with Crippen LogP contribution in [-0.4, -0.2) is 16.7 Å². The second-order valence-corrected chi connectivity index (χ2v) is 6.49. The van der Waals surface area contributed by atoms with Gasteiger partial charge in [0.15, 0.2) is 0 Å². The van der Waals surface area contributed by atoms with E-state index in [9.17, 15) is 0 Å². The van der Waals surface area contributed by atoms with Crippen LogP contribution < -0.4 is 4.74 Å². The van der Waals surface area contributed by atoms with Gasteiger partial charge in [0.2, 0.25) is 0 Å². The molecule has 0 saturated heterocycles. The molecule has 1 heterocycles. The molecule has 27 heavy (non-hydrogen) atoms. The van der Waals surface area contributed by atoms with Gasteiger partial charge in [-0.3, -0.25) is 0 Å². The summed E-state index contributed by atoms with van der Waals surface area (Å²) >= 11 is 0. The summed E-state index contributed by atoms with van der Waals surface area (Å²) in [6.45, 7) is 2.21. The number of hydrogen-bond donors (Lipinski definition) is 0. The van der Waals surface area contributed by atoms with Crippen molar-refractivity contribution in [3.05, 3.63) is 95.8 Å². The number of ether oxygens (including phenoxy) is 1. The van der Waals surface area contributed by atoms with Gasteiger partial charge in [-0.1, -0.05) is 60.7 Å². The number of methoxy groups -OCH3 is 1. The highest BCUT2D eigenvalue weighted by atomic mass is 16.5. The molecule has 4 rings (SSSR count). The fraction of sp³-hybridized carbons (Fsp3) is 0.125. The van der Waals surface area contributed by atoms with Gasteiger partial charge < -0.3 is 9.30 Å². The van der Waals surface area contributed by atoms with Crippen molar-refractivity contribution in [1.29, 1.82) is 0 Å². The van der Waals surface area contributed by atoms with Gasteiger partial charge in [-0.25, -0.2) is 4.98 Å². The highest BCUT2D eigenvalue weighted by molar-refractivity contribution is 5.80. The van der Waals surface area contributed by atoms with E-state index in [0.717, 1.165) is 28.2 Å². The third-order valence-corrected chi connectivity index (χ3v) is 4.84. The van der Waals surface area contributed by atoms with Crippen molar-refractivity contribution < 1.29 is 4.74 Å². The van der Waals surface area contributed by atoms with Gasteiger partial charge in [0.05, 0.1) is 24.2 Å². The van der Waals surface area contributed by atoms with Gasteiger partial charge >= 0.3 is 0 Å². The smallest absolute Gasteiger partial charge is 0.134 e. The van der Waals surface area contributed by atoms with Gasteiger partial charge in [-0.15, -0.1) is 0 Å². The summed E-state index contributed by atoms with van der Waals surface area (Å²) in [7, 11) is 1.69. The van der Waals surface area contributed by atoms with Gasteiger partial charge in [0.1, 0.15) is 11.6 Å². The lowest BCUT2D eigenvalue weighted by Gasteiger charge is -2.17. The van der Waals surface area contributed by atoms with E-state index in [-0.39, 0.29) is 6.04 Å². The average Bonchev–Trinajstić information content (AvgIpc) is 3.11. The Morgan fingerprint density at radius 1 is 0.852 bits per heavy atom. The van der Waals surface area contributed by atoms with Crippen LogP contribution in [0.3, 0.4) is 0 Å². The largest absolute Gasteiger partial charge is 0.496 e. The number of benzene rings is 3. The van der Waals surface area contributed by atoms with E-state index in [1.165, 1.54) is 5.56 Å². The SMILES string of the molecule is COc1ccccc1C=Cc1nc2ccccc2n1C(C)c1ccccc1. The van der Waals surface area contributed by atoms with Crippen molar-refractivity contribution in [3.63, 3.8) is 0 Å². The van der Waals surface area contributed by atoms with E-state index in [0.29, 0.717) is 0 Å². The Balaban J connectivity index is 1.82. The Morgan fingerprint density at radius 2 is 1.56 bits per heavy atom. The molecule has 1 unspecified atom stereocenters. The van der Waals surface area contributed by atoms with Crippen LogP contribution >= 0.6 is 0 Å². The minimum absolute atomic E-state index is 0.177. The van der Waals surface area contributed by atoms with Crippen LogP contribution in [0.5, 0.6) is 5.75 Å². The van der Waals surface area contributed by atoms with Crippen molar-refractivity contribution in [2.75, 3.05) is 7.11 Å². The predicted octanol–water partition coefficient (Wildman–Crippen LogP) is 5.82. The first-order valence-corrected chi connectivity index (χ1v) is 9.11. The molecule has 134 valence electrons. The monoisotopic (exact) mass is 354 g/mol. The molecule has 0 spiro atoms. The summed E-state index contributed by atoms with van der Waals surface area (Å²) < 4.78 is 7.75. The van der Waals surface area contributed by atoms with Crippen LogP contribution in [0.4, 0.5) is 0 Å². The van der Waals surface area contributed by atoms with E-state index in [4.69, 9.17) is 9.72 Å². The van der Waals surface area contributed by atoms with Crippen molar-refractivity contribution >= 4 is 23.2 Å². The Labute approximate surface area is 159 Å². The molecule has 1 aromatic heterocycles. The Bertz CT molecular complexity index is 1080. The molecule has 0 bridgehead atoms. The lowest BCUT2D eigenvalue weighted by Crippen LogP contribution is -2.08. The number of rotatable bonds is 5. The molecule has 3 aromatic carbocycles. The summed E-state index contributed by atoms with van der Waals surface area (Å²) in [4.78, 5) is 4.87. The molecule has 0 aliphatic heterocycles. The highest BCUT2D eigenvalue weighted by Gasteiger charge is 2.15. The summed E-state index contributed by atoms with van der Waals surface area (Å²) in [5.41, 5.74) is 4.42. The maximum Gasteiger partial charge on any atom is 0.134 e. The first-order valence-electron chi connectivity index (χ1n) is 9.11. The second-order valence-electron chi connectivity index (χ2n) is 6.49. The first kappa shape index (κ1) is 17.1. The molecule has 0 amide bonds. The molecule has 0 aliphatic carbocycles. The van der Waals surface area contributed by atoms with Crippen molar-refractivity contribution in [2.24, 2.45) is 0 Å². The normalized spacial score (nSPS) is 12.5. The fourth-order valence-corrected chi connectivity index (χ4v) is 3.44. The molecule has 0 fully saturated rings. The minimum Gasteiger partial charge on any atom is -0.496 e. The Kier molecular flexibility index (Phi) is 4.75. The third kappa shape index (κ3) is 3.36. The van der Waals surface area contributed by atoms with Gasteiger partial charge in [-0.2, -0.15) is 0 Å². The number of nitrogens with zero attached hydrogens (tertiary/aromatic N) is 2. The maximum atomic E-state index is 5.46. The zero-order valence-electron chi connectivity index (χ0n) is 15.5. The summed E-state index contributed by atoms with van der Waals surface area (Å²) in [5.74, 6) is 1.78. The second kappa shape index (κ2) is 7.50. The number of imidazole rings is 1. The topological polar surface area (TPSA) is 27.1 Å². The molecule has 0 saturated carbocycles. The zero-order valence-corrected chi connectivity index (χ0v) is 15.5. The van der Waals surface area contributed by atoms with Crippen LogP contribution in [-0.2, 0) is 0 Å². The first-order chi connectivity index (χ1) is 13.3. The molecule has 0 N–H and O–H groups in total. The summed E-state index contributed by atoms with van der Waals surface area (Å²) in [6, 6.07) is 27.0. The van der Waals surface area contributed by atoms with Gasteiger partial charge in [0.25, 0.3) is 0 Å². The molecule has 0 radical (unpaired) electrons. The highest BCUT2D eigenvalue weighted by Crippen LogP contribution is 2.28. The fourth-order valence-electron chi connectivity index (χ4n) is 3.44. The predicted molar refractivity (Wildman–Crippen MR) is 112 cm³/mol. The molecular formula is C24H22N2O. The summed E-state index contributed by atoms with van der Waals surface area (Å²) in [6.07, 6.45) is 4.13. The summed E-state index contributed by atoms with van der Waals surface area (Å²) in [5, 5.41) is 0. The lowest BCUT2D eigenvalue weighted by molar-refractivity contribution is 0.414. The quantitative estimate of drug-likeness (QED) is 0.451. The average molecular weight is 354 g/mol. The molecule has 3 nitrogen and oxygen atoms in total. The van der Waals surface area contributed by atoms with E-state index < -0.39 is 0 Å². The molecule has 4 aromatic rings. The van der Waals surface area contributed by atoms with Crippen LogP contribution in [0, 0.1) is 0 Å². The van der Waals surface area contributed by atoms with E-state index in [1.54, 1.807) is 7.11 Å². The Morgan fingerprint density at radius 3 is 2.37 bits per heavy atom. The van der Waals surface area contributed by atoms with E-state index in [2.05, 4.69) is 66.1 Å². The van der Waals surface area contributed by atoms with Crippen molar-refractivity contribution in [2.45, 2.75) is 13.0 Å². The molecule has 3 heteroatoms. The maximum absolute atomic E-state index is 5.46. The minimum atomic E-state index is 0.177. The lowest BCUT2D eigenvalue weighted by atomic mass is 10.1. The molecular weight excluding hydrogens is 332 g/mol. The molecule has 1 atom stereocenters. The van der Waals surface area contributed by atoms with Gasteiger partial charge in [0, 0.05) is 5.56 Å². The van der Waals surface area contributed by atoms with Crippen LogP contribution in [0.15, 0.2) is 78.9 Å². The Hall–Kier alpha value is -3.33. The number of aromatic nitrogens is 2. The van der Waals surface area contributed by atoms with Crippen LogP contribution in [0.1, 0.15) is 29.9 Å². The van der Waals surface area contributed by atoms with Crippen LogP contribution in [0.25, 0.3) is 23.2 Å². The number of hydrogen-bond acceptors (Lipinski definition) is 2. The van der Waals surface area contributed by atoms with Crippen molar-refractivity contribution in [3.8, 4) is 5.75 Å². The molecule has 0 aliphatic rings. The van der Waals surface area contributed by atoms with Gasteiger partial charge in [-0.05, 0) is 42.8 Å².